The number of carboxylic acids is 1. The first-order chi connectivity index (χ1) is 9.45. The van der Waals surface area contributed by atoms with E-state index in [9.17, 15) is 17.6 Å². The van der Waals surface area contributed by atoms with Crippen LogP contribution in [-0.4, -0.2) is 36.4 Å². The molecule has 1 N–H and O–H groups in total. The fraction of sp³-hybridized carbons (Fsp3) is 0.462. The van der Waals surface area contributed by atoms with Crippen LogP contribution in [0.4, 0.5) is 4.39 Å². The Morgan fingerprint density at radius 2 is 1.95 bits per heavy atom. The van der Waals surface area contributed by atoms with Gasteiger partial charge in [-0.25, -0.2) is 17.6 Å². The van der Waals surface area contributed by atoms with Crippen LogP contribution in [-0.2, 0) is 10.0 Å². The summed E-state index contributed by atoms with van der Waals surface area (Å²) in [4.78, 5) is 10.4. The quantitative estimate of drug-likeness (QED) is 0.849. The molecule has 0 bridgehead atoms. The van der Waals surface area contributed by atoms with Crippen molar-refractivity contribution in [2.24, 2.45) is 0 Å². The molecule has 0 saturated carbocycles. The van der Waals surface area contributed by atoms with E-state index >= 15 is 0 Å². The molecule has 0 aliphatic heterocycles. The number of aromatic carboxylic acids is 1. The monoisotopic (exact) mass is 381 g/mol. The number of carbonyl (C=O) groups is 1. The lowest BCUT2D eigenvalue weighted by Gasteiger charge is -2.33. The summed E-state index contributed by atoms with van der Waals surface area (Å²) in [5.41, 5.74) is -1.41. The Hall–Kier alpha value is -0.990. The summed E-state index contributed by atoms with van der Waals surface area (Å²) in [5, 5.41) is 8.96. The molecule has 0 unspecified atom stereocenters. The first-order valence-corrected chi connectivity index (χ1v) is 8.39. The summed E-state index contributed by atoms with van der Waals surface area (Å²) in [6.07, 6.45) is 0.518. The molecule has 1 aromatic rings. The van der Waals surface area contributed by atoms with Crippen molar-refractivity contribution in [3.05, 3.63) is 28.0 Å². The summed E-state index contributed by atoms with van der Waals surface area (Å²) < 4.78 is 40.6. The lowest BCUT2D eigenvalue weighted by Crippen LogP contribution is -2.44. The van der Waals surface area contributed by atoms with E-state index in [1.54, 1.807) is 13.8 Å². The minimum atomic E-state index is -4.15. The van der Waals surface area contributed by atoms with E-state index in [1.807, 2.05) is 6.92 Å². The van der Waals surface area contributed by atoms with Gasteiger partial charge in [0.05, 0.1) is 5.56 Å². The van der Waals surface area contributed by atoms with E-state index in [1.165, 1.54) is 7.05 Å². The zero-order valence-electron chi connectivity index (χ0n) is 12.1. The van der Waals surface area contributed by atoms with Crippen molar-refractivity contribution in [1.82, 2.24) is 4.31 Å². The van der Waals surface area contributed by atoms with Crippen LogP contribution in [0.5, 0.6) is 0 Å². The second-order valence-electron chi connectivity index (χ2n) is 5.21. The van der Waals surface area contributed by atoms with Crippen LogP contribution in [0.1, 0.15) is 37.6 Å². The number of hydrogen-bond donors (Lipinski definition) is 1. The van der Waals surface area contributed by atoms with Crippen LogP contribution in [0.3, 0.4) is 0 Å². The number of nitrogens with zero attached hydrogens (tertiary/aromatic N) is 1. The summed E-state index contributed by atoms with van der Waals surface area (Å²) in [6, 6.07) is 2.10. The van der Waals surface area contributed by atoms with Crippen LogP contribution in [0.2, 0.25) is 0 Å². The average Bonchev–Trinajstić information content (AvgIpc) is 2.39. The van der Waals surface area contributed by atoms with Gasteiger partial charge in [-0.2, -0.15) is 4.31 Å². The minimum absolute atomic E-state index is 0.183. The Bertz CT molecular complexity index is 673. The van der Waals surface area contributed by atoms with Crippen molar-refractivity contribution in [2.45, 2.75) is 37.6 Å². The van der Waals surface area contributed by atoms with Gasteiger partial charge in [0.2, 0.25) is 10.0 Å². The topological polar surface area (TPSA) is 74.7 Å². The lowest BCUT2D eigenvalue weighted by atomic mass is 10.0. The number of carboxylic acid groups (broad SMARTS) is 1. The largest absolute Gasteiger partial charge is 0.478 e. The highest BCUT2D eigenvalue weighted by Gasteiger charge is 2.35. The van der Waals surface area contributed by atoms with Gasteiger partial charge in [-0.05, 0) is 32.4 Å². The highest BCUT2D eigenvalue weighted by molar-refractivity contribution is 9.10. The summed E-state index contributed by atoms with van der Waals surface area (Å²) in [7, 11) is -2.81. The standard InChI is InChI=1S/C13H17BrFNO4S/c1-5-13(2,3)16(4)21(19,20)10-7-8(14)6-9(11(10)15)12(17)18/h6-7H,5H2,1-4H3,(H,17,18). The average molecular weight is 382 g/mol. The zero-order valence-corrected chi connectivity index (χ0v) is 14.5. The molecular formula is C13H17BrFNO4S. The molecule has 8 heteroatoms. The Kier molecular flexibility index (Phi) is 5.18. The van der Waals surface area contributed by atoms with Crippen LogP contribution in [0.25, 0.3) is 0 Å². The summed E-state index contributed by atoms with van der Waals surface area (Å²) >= 11 is 3.01. The molecule has 118 valence electrons. The summed E-state index contributed by atoms with van der Waals surface area (Å²) in [5.74, 6) is -2.79. The molecule has 0 saturated heterocycles. The molecule has 0 aromatic heterocycles. The number of halogens is 2. The van der Waals surface area contributed by atoms with Crippen molar-refractivity contribution < 1.29 is 22.7 Å². The molecule has 0 radical (unpaired) electrons. The normalized spacial score (nSPS) is 12.7. The lowest BCUT2D eigenvalue weighted by molar-refractivity contribution is 0.0691. The van der Waals surface area contributed by atoms with Crippen molar-refractivity contribution in [3.63, 3.8) is 0 Å². The van der Waals surface area contributed by atoms with E-state index in [4.69, 9.17) is 5.11 Å². The third-order valence-electron chi connectivity index (χ3n) is 3.59. The third-order valence-corrected chi connectivity index (χ3v) is 6.12. The van der Waals surface area contributed by atoms with Gasteiger partial charge in [-0.1, -0.05) is 22.9 Å². The van der Waals surface area contributed by atoms with Crippen LogP contribution >= 0.6 is 15.9 Å². The van der Waals surface area contributed by atoms with E-state index < -0.39 is 37.8 Å². The maximum Gasteiger partial charge on any atom is 0.338 e. The third kappa shape index (κ3) is 3.44. The molecule has 0 spiro atoms. The van der Waals surface area contributed by atoms with Crippen molar-refractivity contribution in [3.8, 4) is 0 Å². The van der Waals surface area contributed by atoms with Gasteiger partial charge in [-0.3, -0.25) is 0 Å². The Labute approximate surface area is 131 Å². The van der Waals surface area contributed by atoms with Crippen LogP contribution < -0.4 is 0 Å². The van der Waals surface area contributed by atoms with Crippen LogP contribution in [0, 0.1) is 5.82 Å². The second-order valence-corrected chi connectivity index (χ2v) is 8.06. The molecule has 0 aliphatic carbocycles. The van der Waals surface area contributed by atoms with E-state index in [0.717, 1.165) is 16.4 Å². The predicted molar refractivity (Wildman–Crippen MR) is 80.4 cm³/mol. The fourth-order valence-corrected chi connectivity index (χ4v) is 3.90. The van der Waals surface area contributed by atoms with Gasteiger partial charge in [-0.15, -0.1) is 0 Å². The number of rotatable bonds is 5. The molecule has 1 aromatic carbocycles. The van der Waals surface area contributed by atoms with Gasteiger partial charge in [0.15, 0.2) is 5.82 Å². The minimum Gasteiger partial charge on any atom is -0.478 e. The molecule has 1 rings (SSSR count). The van der Waals surface area contributed by atoms with E-state index in [-0.39, 0.29) is 4.47 Å². The van der Waals surface area contributed by atoms with E-state index in [0.29, 0.717) is 6.42 Å². The van der Waals surface area contributed by atoms with Crippen molar-refractivity contribution in [2.75, 3.05) is 7.05 Å². The Morgan fingerprint density at radius 3 is 2.38 bits per heavy atom. The number of benzene rings is 1. The van der Waals surface area contributed by atoms with Gasteiger partial charge in [0, 0.05) is 17.1 Å². The second kappa shape index (κ2) is 6.02. The highest BCUT2D eigenvalue weighted by Crippen LogP contribution is 2.30. The Balaban J connectivity index is 3.57. The molecule has 0 amide bonds. The maximum absolute atomic E-state index is 14.2. The fourth-order valence-electron chi connectivity index (χ4n) is 1.60. The molecule has 0 atom stereocenters. The Morgan fingerprint density at radius 1 is 1.43 bits per heavy atom. The highest BCUT2D eigenvalue weighted by atomic mass is 79.9. The van der Waals surface area contributed by atoms with E-state index in [2.05, 4.69) is 15.9 Å². The van der Waals surface area contributed by atoms with Crippen molar-refractivity contribution >= 4 is 31.9 Å². The molecule has 0 heterocycles. The molecule has 5 nitrogen and oxygen atoms in total. The summed E-state index contributed by atoms with van der Waals surface area (Å²) in [6.45, 7) is 5.23. The van der Waals surface area contributed by atoms with Gasteiger partial charge in [0.25, 0.3) is 0 Å². The van der Waals surface area contributed by atoms with Gasteiger partial charge in [0.1, 0.15) is 4.90 Å². The van der Waals surface area contributed by atoms with Crippen molar-refractivity contribution in [1.29, 1.82) is 0 Å². The number of sulfonamides is 1. The first kappa shape index (κ1) is 18.1. The molecular weight excluding hydrogens is 365 g/mol. The molecule has 0 fully saturated rings. The zero-order chi connectivity index (χ0) is 16.6. The van der Waals surface area contributed by atoms with Gasteiger partial charge < -0.3 is 5.11 Å². The maximum atomic E-state index is 14.2. The first-order valence-electron chi connectivity index (χ1n) is 6.16. The predicted octanol–water partition coefficient (Wildman–Crippen LogP) is 3.10. The van der Waals surface area contributed by atoms with Gasteiger partial charge >= 0.3 is 5.97 Å². The SMILES string of the molecule is CCC(C)(C)N(C)S(=O)(=O)c1cc(Br)cc(C(=O)O)c1F. The molecule has 21 heavy (non-hydrogen) atoms. The molecule has 0 aliphatic rings. The smallest absolute Gasteiger partial charge is 0.338 e. The van der Waals surface area contributed by atoms with Crippen LogP contribution in [0.15, 0.2) is 21.5 Å². The number of hydrogen-bond acceptors (Lipinski definition) is 3.